The largest absolute Gasteiger partial charge is 0.351 e. The van der Waals surface area contributed by atoms with E-state index in [1.54, 1.807) is 6.07 Å². The molecule has 1 saturated heterocycles. The van der Waals surface area contributed by atoms with Crippen molar-refractivity contribution in [3.8, 4) is 0 Å². The molecule has 154 valence electrons. The van der Waals surface area contributed by atoms with Gasteiger partial charge in [-0.3, -0.25) is 19.3 Å². The number of hydrogen-bond acceptors (Lipinski definition) is 5. The average molecular weight is 415 g/mol. The Morgan fingerprint density at radius 1 is 1.07 bits per heavy atom. The van der Waals surface area contributed by atoms with Gasteiger partial charge in [0.05, 0.1) is 18.0 Å². The quantitative estimate of drug-likeness (QED) is 0.648. The lowest BCUT2D eigenvalue weighted by atomic mass is 10.0. The second kappa shape index (κ2) is 10.2. The molecule has 2 heterocycles. The Labute approximate surface area is 174 Å². The van der Waals surface area contributed by atoms with Crippen LogP contribution in [0.3, 0.4) is 0 Å². The fourth-order valence-corrected chi connectivity index (χ4v) is 4.07. The standard InChI is InChI=1S/C21H26N4O3S/c1-15(26)22-13-18-7-8-19(29-18)21(28)24-17-9-11-25(12-10-17)14-20(27)23-16-5-3-2-4-6-16/h2-8,17H,9-14H2,1H3,(H,22,26)(H,23,27)(H,24,28). The SMILES string of the molecule is CC(=O)NCc1ccc(C(=O)NC2CCN(CC(=O)Nc3ccccc3)CC2)s1. The van der Waals surface area contributed by atoms with E-state index in [0.717, 1.165) is 36.5 Å². The highest BCUT2D eigenvalue weighted by Gasteiger charge is 2.23. The van der Waals surface area contributed by atoms with Crippen molar-refractivity contribution in [1.29, 1.82) is 0 Å². The Morgan fingerprint density at radius 2 is 1.79 bits per heavy atom. The van der Waals surface area contributed by atoms with Gasteiger partial charge < -0.3 is 16.0 Å². The summed E-state index contributed by atoms with van der Waals surface area (Å²) in [6.07, 6.45) is 1.63. The summed E-state index contributed by atoms with van der Waals surface area (Å²) in [6, 6.07) is 13.2. The molecule has 1 aromatic heterocycles. The lowest BCUT2D eigenvalue weighted by molar-refractivity contribution is -0.119. The average Bonchev–Trinajstić information content (AvgIpc) is 3.18. The molecule has 0 radical (unpaired) electrons. The highest BCUT2D eigenvalue weighted by Crippen LogP contribution is 2.18. The Balaban J connectivity index is 1.39. The summed E-state index contributed by atoms with van der Waals surface area (Å²) < 4.78 is 0. The van der Waals surface area contributed by atoms with E-state index in [9.17, 15) is 14.4 Å². The highest BCUT2D eigenvalue weighted by atomic mass is 32.1. The minimum atomic E-state index is -0.0892. The van der Waals surface area contributed by atoms with Crippen LogP contribution >= 0.6 is 11.3 Å². The van der Waals surface area contributed by atoms with Gasteiger partial charge in [0, 0.05) is 36.6 Å². The van der Waals surface area contributed by atoms with Crippen LogP contribution in [0, 0.1) is 0 Å². The molecular formula is C21H26N4O3S. The van der Waals surface area contributed by atoms with Crippen molar-refractivity contribution in [3.05, 3.63) is 52.2 Å². The summed E-state index contributed by atoms with van der Waals surface area (Å²) in [5.41, 5.74) is 0.800. The van der Waals surface area contributed by atoms with Gasteiger partial charge in [-0.15, -0.1) is 11.3 Å². The molecule has 1 fully saturated rings. The molecule has 0 atom stereocenters. The zero-order chi connectivity index (χ0) is 20.6. The number of nitrogens with one attached hydrogen (secondary N) is 3. The number of carbonyl (C=O) groups is 3. The van der Waals surface area contributed by atoms with Crippen molar-refractivity contribution < 1.29 is 14.4 Å². The summed E-state index contributed by atoms with van der Waals surface area (Å²) in [7, 11) is 0. The Morgan fingerprint density at radius 3 is 2.48 bits per heavy atom. The normalized spacial score (nSPS) is 14.9. The molecule has 0 spiro atoms. The van der Waals surface area contributed by atoms with E-state index in [0.29, 0.717) is 18.0 Å². The van der Waals surface area contributed by atoms with Crippen LogP contribution in [0.5, 0.6) is 0 Å². The molecule has 0 saturated carbocycles. The van der Waals surface area contributed by atoms with Crippen LogP contribution < -0.4 is 16.0 Å². The summed E-state index contributed by atoms with van der Waals surface area (Å²) >= 11 is 1.39. The smallest absolute Gasteiger partial charge is 0.261 e. The van der Waals surface area contributed by atoms with Crippen LogP contribution in [-0.4, -0.2) is 48.3 Å². The lowest BCUT2D eigenvalue weighted by Gasteiger charge is -2.31. The molecule has 0 bridgehead atoms. The van der Waals surface area contributed by atoms with Crippen LogP contribution in [0.25, 0.3) is 0 Å². The van der Waals surface area contributed by atoms with Crippen LogP contribution in [0.15, 0.2) is 42.5 Å². The molecule has 3 amide bonds. The molecule has 1 aliphatic rings. The van der Waals surface area contributed by atoms with Crippen molar-refractivity contribution in [2.75, 3.05) is 25.0 Å². The molecule has 2 aromatic rings. The van der Waals surface area contributed by atoms with E-state index in [1.165, 1.54) is 18.3 Å². The van der Waals surface area contributed by atoms with E-state index in [1.807, 2.05) is 36.4 Å². The van der Waals surface area contributed by atoms with Crippen molar-refractivity contribution in [1.82, 2.24) is 15.5 Å². The van der Waals surface area contributed by atoms with Gasteiger partial charge in [-0.1, -0.05) is 18.2 Å². The molecule has 1 aliphatic heterocycles. The van der Waals surface area contributed by atoms with E-state index < -0.39 is 0 Å². The van der Waals surface area contributed by atoms with Gasteiger partial charge >= 0.3 is 0 Å². The molecule has 8 heteroatoms. The molecule has 1 aromatic carbocycles. The molecule has 3 rings (SSSR count). The number of thiophene rings is 1. The maximum atomic E-state index is 12.5. The Kier molecular flexibility index (Phi) is 7.37. The number of hydrogen-bond donors (Lipinski definition) is 3. The van der Waals surface area contributed by atoms with Gasteiger partial charge in [0.15, 0.2) is 0 Å². The van der Waals surface area contributed by atoms with Crippen LogP contribution in [0.2, 0.25) is 0 Å². The number of likely N-dealkylation sites (tertiary alicyclic amines) is 1. The number of carbonyl (C=O) groups excluding carboxylic acids is 3. The van der Waals surface area contributed by atoms with E-state index in [-0.39, 0.29) is 23.8 Å². The van der Waals surface area contributed by atoms with Crippen molar-refractivity contribution in [2.24, 2.45) is 0 Å². The topological polar surface area (TPSA) is 90.5 Å². The second-order valence-electron chi connectivity index (χ2n) is 7.11. The first kappa shape index (κ1) is 21.0. The van der Waals surface area contributed by atoms with E-state index in [4.69, 9.17) is 0 Å². The molecule has 0 unspecified atom stereocenters. The minimum Gasteiger partial charge on any atom is -0.351 e. The monoisotopic (exact) mass is 414 g/mol. The molecule has 0 aliphatic carbocycles. The van der Waals surface area contributed by atoms with Gasteiger partial charge in [-0.25, -0.2) is 0 Å². The van der Waals surface area contributed by atoms with Crippen LogP contribution in [0.1, 0.15) is 34.3 Å². The van der Waals surface area contributed by atoms with Gasteiger partial charge in [-0.2, -0.15) is 0 Å². The molecular weight excluding hydrogens is 388 g/mol. The van der Waals surface area contributed by atoms with Crippen molar-refractivity contribution in [3.63, 3.8) is 0 Å². The zero-order valence-electron chi connectivity index (χ0n) is 16.4. The number of amides is 3. The number of rotatable bonds is 7. The molecule has 7 nitrogen and oxygen atoms in total. The van der Waals surface area contributed by atoms with Crippen molar-refractivity contribution in [2.45, 2.75) is 32.4 Å². The third kappa shape index (κ3) is 6.69. The summed E-state index contributed by atoms with van der Waals surface area (Å²) in [5, 5.41) is 8.72. The maximum absolute atomic E-state index is 12.5. The van der Waals surface area contributed by atoms with Gasteiger partial charge in [0.1, 0.15) is 0 Å². The van der Waals surface area contributed by atoms with E-state index in [2.05, 4.69) is 20.9 Å². The third-order valence-electron chi connectivity index (χ3n) is 4.74. The first-order valence-electron chi connectivity index (χ1n) is 9.71. The fourth-order valence-electron chi connectivity index (χ4n) is 3.22. The minimum absolute atomic E-state index is 0.0241. The molecule has 3 N–H and O–H groups in total. The summed E-state index contributed by atoms with van der Waals surface area (Å²) in [5.74, 6) is -0.193. The zero-order valence-corrected chi connectivity index (χ0v) is 17.3. The van der Waals surface area contributed by atoms with Crippen LogP contribution in [0.4, 0.5) is 5.69 Å². The number of piperidine rings is 1. The van der Waals surface area contributed by atoms with E-state index >= 15 is 0 Å². The van der Waals surface area contributed by atoms with Gasteiger partial charge in [0.25, 0.3) is 5.91 Å². The predicted octanol–water partition coefficient (Wildman–Crippen LogP) is 2.22. The first-order chi connectivity index (χ1) is 14.0. The first-order valence-corrected chi connectivity index (χ1v) is 10.5. The fraction of sp³-hybridized carbons (Fsp3) is 0.381. The lowest BCUT2D eigenvalue weighted by Crippen LogP contribution is -2.46. The van der Waals surface area contributed by atoms with Crippen LogP contribution in [-0.2, 0) is 16.1 Å². The van der Waals surface area contributed by atoms with Gasteiger partial charge in [-0.05, 0) is 37.1 Å². The Hall–Kier alpha value is -2.71. The number of para-hydroxylation sites is 1. The summed E-state index contributed by atoms with van der Waals surface area (Å²) in [4.78, 5) is 39.3. The summed E-state index contributed by atoms with van der Waals surface area (Å²) in [6.45, 7) is 3.80. The second-order valence-corrected chi connectivity index (χ2v) is 8.28. The predicted molar refractivity (Wildman–Crippen MR) is 114 cm³/mol. The van der Waals surface area contributed by atoms with Gasteiger partial charge in [0.2, 0.25) is 11.8 Å². The Bertz CT molecular complexity index is 845. The highest BCUT2D eigenvalue weighted by molar-refractivity contribution is 7.14. The maximum Gasteiger partial charge on any atom is 0.261 e. The number of nitrogens with zero attached hydrogens (tertiary/aromatic N) is 1. The number of anilines is 1. The molecule has 29 heavy (non-hydrogen) atoms. The third-order valence-corrected chi connectivity index (χ3v) is 5.83. The number of benzene rings is 1. The van der Waals surface area contributed by atoms with Crippen molar-refractivity contribution >= 4 is 34.7 Å².